The van der Waals surface area contributed by atoms with Gasteiger partial charge in [-0.25, -0.2) is 0 Å². The first-order valence-electron chi connectivity index (χ1n) is 6.81. The highest BCUT2D eigenvalue weighted by atomic mass is 16.4. The molecule has 0 heterocycles. The monoisotopic (exact) mass is 239 g/mol. The molecule has 3 nitrogen and oxygen atoms in total. The summed E-state index contributed by atoms with van der Waals surface area (Å²) < 4.78 is 0. The Kier molecular flexibility index (Phi) is 6.94. The molecule has 1 saturated carbocycles. The highest BCUT2D eigenvalue weighted by Crippen LogP contribution is 2.24. The number of unbranched alkanes of at least 4 members (excludes halogenated alkanes) is 3. The van der Waals surface area contributed by atoms with Crippen LogP contribution in [0.4, 0.5) is 0 Å². The molecule has 1 aliphatic carbocycles. The van der Waals surface area contributed by atoms with Gasteiger partial charge in [0.1, 0.15) is 0 Å². The molecule has 1 aliphatic rings. The SMILES string of the molecule is C=CCCCCCNC1CCC(C(=O)O)CC1. The van der Waals surface area contributed by atoms with Crippen LogP contribution in [0.25, 0.3) is 0 Å². The van der Waals surface area contributed by atoms with Crippen LogP contribution in [-0.4, -0.2) is 23.7 Å². The molecule has 0 aromatic carbocycles. The minimum absolute atomic E-state index is 0.0966. The predicted octanol–water partition coefficient (Wildman–Crippen LogP) is 2.97. The van der Waals surface area contributed by atoms with Crippen molar-refractivity contribution in [3.63, 3.8) is 0 Å². The lowest BCUT2D eigenvalue weighted by atomic mass is 9.86. The van der Waals surface area contributed by atoms with Crippen LogP contribution in [0, 0.1) is 5.92 Å². The van der Waals surface area contributed by atoms with Gasteiger partial charge in [0.25, 0.3) is 0 Å². The average Bonchev–Trinajstić information content (AvgIpc) is 2.34. The Hall–Kier alpha value is -0.830. The van der Waals surface area contributed by atoms with Crippen molar-refractivity contribution in [2.24, 2.45) is 5.92 Å². The van der Waals surface area contributed by atoms with E-state index in [1.807, 2.05) is 6.08 Å². The summed E-state index contributed by atoms with van der Waals surface area (Å²) in [4.78, 5) is 10.8. The summed E-state index contributed by atoms with van der Waals surface area (Å²) in [5.74, 6) is -0.714. The van der Waals surface area contributed by atoms with E-state index >= 15 is 0 Å². The van der Waals surface area contributed by atoms with Crippen molar-refractivity contribution in [2.45, 2.75) is 57.4 Å². The standard InChI is InChI=1S/C14H25NO2/c1-2-3-4-5-6-11-15-13-9-7-12(8-10-13)14(16)17/h2,12-13,15H,1,3-11H2,(H,16,17). The number of rotatable bonds is 8. The fourth-order valence-electron chi connectivity index (χ4n) is 2.44. The minimum Gasteiger partial charge on any atom is -0.481 e. The first-order valence-corrected chi connectivity index (χ1v) is 6.81. The fraction of sp³-hybridized carbons (Fsp3) is 0.786. The molecule has 98 valence electrons. The van der Waals surface area contributed by atoms with Gasteiger partial charge in [-0.3, -0.25) is 4.79 Å². The fourth-order valence-corrected chi connectivity index (χ4v) is 2.44. The Morgan fingerprint density at radius 2 is 1.94 bits per heavy atom. The van der Waals surface area contributed by atoms with E-state index in [0.29, 0.717) is 6.04 Å². The van der Waals surface area contributed by atoms with Gasteiger partial charge in [0.05, 0.1) is 5.92 Å². The molecule has 0 bridgehead atoms. The van der Waals surface area contributed by atoms with Crippen molar-refractivity contribution < 1.29 is 9.90 Å². The smallest absolute Gasteiger partial charge is 0.306 e. The van der Waals surface area contributed by atoms with Gasteiger partial charge in [-0.15, -0.1) is 6.58 Å². The summed E-state index contributed by atoms with van der Waals surface area (Å²) in [5.41, 5.74) is 0. The molecule has 17 heavy (non-hydrogen) atoms. The Bertz CT molecular complexity index is 232. The lowest BCUT2D eigenvalue weighted by Gasteiger charge is -2.26. The van der Waals surface area contributed by atoms with Crippen molar-refractivity contribution in [3.8, 4) is 0 Å². The number of carbonyl (C=O) groups is 1. The van der Waals surface area contributed by atoms with Gasteiger partial charge in [-0.1, -0.05) is 12.5 Å². The lowest BCUT2D eigenvalue weighted by molar-refractivity contribution is -0.142. The Labute approximate surface area is 104 Å². The maximum absolute atomic E-state index is 10.8. The van der Waals surface area contributed by atoms with Gasteiger partial charge in [0.2, 0.25) is 0 Å². The number of nitrogens with one attached hydrogen (secondary N) is 1. The largest absolute Gasteiger partial charge is 0.481 e. The molecule has 0 amide bonds. The van der Waals surface area contributed by atoms with E-state index in [9.17, 15) is 4.79 Å². The number of carboxylic acid groups (broad SMARTS) is 1. The summed E-state index contributed by atoms with van der Waals surface area (Å²) >= 11 is 0. The molecule has 0 aliphatic heterocycles. The second kappa shape index (κ2) is 8.29. The molecule has 0 saturated heterocycles. The molecule has 0 unspecified atom stereocenters. The third kappa shape index (κ3) is 5.87. The third-order valence-electron chi connectivity index (χ3n) is 3.59. The highest BCUT2D eigenvalue weighted by molar-refractivity contribution is 5.70. The minimum atomic E-state index is -0.618. The van der Waals surface area contributed by atoms with Crippen LogP contribution in [0.1, 0.15) is 51.4 Å². The molecular weight excluding hydrogens is 214 g/mol. The second-order valence-corrected chi connectivity index (χ2v) is 4.98. The quantitative estimate of drug-likeness (QED) is 0.506. The molecule has 2 N–H and O–H groups in total. The third-order valence-corrected chi connectivity index (χ3v) is 3.59. The van der Waals surface area contributed by atoms with Gasteiger partial charge in [-0.05, 0) is 51.5 Å². The molecule has 1 rings (SSSR count). The molecule has 0 spiro atoms. The Morgan fingerprint density at radius 1 is 1.24 bits per heavy atom. The molecule has 0 aromatic rings. The first-order chi connectivity index (χ1) is 8.24. The van der Waals surface area contributed by atoms with Crippen LogP contribution in [-0.2, 0) is 4.79 Å². The second-order valence-electron chi connectivity index (χ2n) is 4.98. The zero-order valence-corrected chi connectivity index (χ0v) is 10.7. The lowest BCUT2D eigenvalue weighted by Crippen LogP contribution is -2.35. The van der Waals surface area contributed by atoms with Crippen LogP contribution >= 0.6 is 0 Å². The van der Waals surface area contributed by atoms with Crippen LogP contribution in [0.3, 0.4) is 0 Å². The van der Waals surface area contributed by atoms with Crippen LogP contribution < -0.4 is 5.32 Å². The van der Waals surface area contributed by atoms with E-state index in [1.54, 1.807) is 0 Å². The van der Waals surface area contributed by atoms with Crippen LogP contribution in [0.5, 0.6) is 0 Å². The number of hydrogen-bond donors (Lipinski definition) is 2. The van der Waals surface area contributed by atoms with E-state index in [-0.39, 0.29) is 5.92 Å². The molecule has 0 radical (unpaired) electrons. The topological polar surface area (TPSA) is 49.3 Å². The normalized spacial score (nSPS) is 24.5. The summed E-state index contributed by atoms with van der Waals surface area (Å²) in [6.45, 7) is 4.78. The maximum Gasteiger partial charge on any atom is 0.306 e. The van der Waals surface area contributed by atoms with Gasteiger partial charge in [-0.2, -0.15) is 0 Å². The van der Waals surface area contributed by atoms with Crippen LogP contribution in [0.15, 0.2) is 12.7 Å². The zero-order valence-electron chi connectivity index (χ0n) is 10.7. The molecule has 1 fully saturated rings. The van der Waals surface area contributed by atoms with Crippen molar-refractivity contribution in [3.05, 3.63) is 12.7 Å². The summed E-state index contributed by atoms with van der Waals surface area (Å²) in [5, 5.41) is 12.4. The summed E-state index contributed by atoms with van der Waals surface area (Å²) in [6, 6.07) is 0.546. The Balaban J connectivity index is 1.99. The van der Waals surface area contributed by atoms with E-state index in [4.69, 9.17) is 5.11 Å². The number of hydrogen-bond acceptors (Lipinski definition) is 2. The van der Waals surface area contributed by atoms with E-state index in [1.165, 1.54) is 19.3 Å². The van der Waals surface area contributed by atoms with E-state index in [0.717, 1.165) is 38.6 Å². The molecule has 0 atom stereocenters. The van der Waals surface area contributed by atoms with Gasteiger partial charge in [0, 0.05) is 6.04 Å². The molecular formula is C14H25NO2. The van der Waals surface area contributed by atoms with Crippen molar-refractivity contribution in [1.82, 2.24) is 5.32 Å². The summed E-state index contributed by atoms with van der Waals surface area (Å²) in [6.07, 6.45) is 10.5. The Morgan fingerprint density at radius 3 is 2.53 bits per heavy atom. The summed E-state index contributed by atoms with van der Waals surface area (Å²) in [7, 11) is 0. The molecule has 0 aromatic heterocycles. The van der Waals surface area contributed by atoms with Gasteiger partial charge >= 0.3 is 5.97 Å². The maximum atomic E-state index is 10.8. The van der Waals surface area contributed by atoms with Gasteiger partial charge in [0.15, 0.2) is 0 Å². The molecule has 3 heteroatoms. The average molecular weight is 239 g/mol. The zero-order chi connectivity index (χ0) is 12.5. The van der Waals surface area contributed by atoms with Crippen LogP contribution in [0.2, 0.25) is 0 Å². The first kappa shape index (κ1) is 14.2. The number of allylic oxidation sites excluding steroid dienone is 1. The van der Waals surface area contributed by atoms with E-state index in [2.05, 4.69) is 11.9 Å². The van der Waals surface area contributed by atoms with Crippen molar-refractivity contribution in [1.29, 1.82) is 0 Å². The highest BCUT2D eigenvalue weighted by Gasteiger charge is 2.25. The van der Waals surface area contributed by atoms with Crippen molar-refractivity contribution in [2.75, 3.05) is 6.54 Å². The van der Waals surface area contributed by atoms with E-state index < -0.39 is 5.97 Å². The number of carboxylic acids is 1. The van der Waals surface area contributed by atoms with Gasteiger partial charge < -0.3 is 10.4 Å². The number of aliphatic carboxylic acids is 1. The predicted molar refractivity (Wildman–Crippen MR) is 70.0 cm³/mol. The van der Waals surface area contributed by atoms with Crippen molar-refractivity contribution >= 4 is 5.97 Å².